The van der Waals surface area contributed by atoms with Crippen molar-refractivity contribution in [2.45, 2.75) is 51.2 Å². The van der Waals surface area contributed by atoms with Crippen LogP contribution < -0.4 is 0 Å². The topological polar surface area (TPSA) is 43.4 Å². The third-order valence-electron chi connectivity index (χ3n) is 3.02. The van der Waals surface area contributed by atoms with Gasteiger partial charge in [-0.25, -0.2) is 0 Å². The van der Waals surface area contributed by atoms with Crippen molar-refractivity contribution in [1.29, 1.82) is 0 Å². The van der Waals surface area contributed by atoms with Crippen LogP contribution in [0.4, 0.5) is 0 Å². The molecule has 0 heterocycles. The maximum absolute atomic E-state index is 11.5. The van der Waals surface area contributed by atoms with E-state index in [1.165, 1.54) is 25.7 Å². The van der Waals surface area contributed by atoms with Crippen molar-refractivity contribution in [3.8, 4) is 0 Å². The van der Waals surface area contributed by atoms with E-state index in [0.717, 1.165) is 5.92 Å². The van der Waals surface area contributed by atoms with Crippen LogP contribution in [0.2, 0.25) is 0 Å². The number of carbonyl (C=O) groups is 2. The van der Waals surface area contributed by atoms with E-state index < -0.39 is 5.97 Å². The Kier molecular flexibility index (Phi) is 6.63. The van der Waals surface area contributed by atoms with E-state index in [4.69, 9.17) is 4.74 Å². The van der Waals surface area contributed by atoms with Crippen LogP contribution in [0.25, 0.3) is 0 Å². The second-order valence-corrected chi connectivity index (χ2v) is 6.01. The molecule has 0 N–H and O–H groups in total. The Balaban J connectivity index is 2.16. The molecule has 3 nitrogen and oxygen atoms in total. The van der Waals surface area contributed by atoms with Gasteiger partial charge in [-0.05, 0) is 25.7 Å². The molecule has 2 atom stereocenters. The fourth-order valence-corrected chi connectivity index (χ4v) is 3.49. The summed E-state index contributed by atoms with van der Waals surface area (Å²) >= 11 is 1.71. The van der Waals surface area contributed by atoms with Crippen molar-refractivity contribution in [2.75, 3.05) is 12.4 Å². The summed E-state index contributed by atoms with van der Waals surface area (Å²) < 4.78 is 4.75. The highest BCUT2D eigenvalue weighted by Gasteiger charge is 2.20. The van der Waals surface area contributed by atoms with Gasteiger partial charge in [-0.1, -0.05) is 19.8 Å². The predicted octanol–water partition coefficient (Wildman–Crippen LogP) is 2.82. The molecule has 0 amide bonds. The number of hydrogen-bond acceptors (Lipinski definition) is 4. The van der Waals surface area contributed by atoms with Gasteiger partial charge in [0.15, 0.2) is 5.78 Å². The van der Waals surface area contributed by atoms with Crippen molar-refractivity contribution in [2.24, 2.45) is 5.92 Å². The van der Waals surface area contributed by atoms with Gasteiger partial charge in [-0.3, -0.25) is 9.59 Å². The van der Waals surface area contributed by atoms with E-state index in [1.807, 2.05) is 0 Å². The first-order chi connectivity index (χ1) is 8.11. The third kappa shape index (κ3) is 6.10. The van der Waals surface area contributed by atoms with Gasteiger partial charge in [0.2, 0.25) is 0 Å². The Bertz CT molecular complexity index is 265. The van der Waals surface area contributed by atoms with Gasteiger partial charge in [-0.2, -0.15) is 11.8 Å². The summed E-state index contributed by atoms with van der Waals surface area (Å²) in [6.45, 7) is 4.37. The minimum atomic E-state index is -0.393. The molecule has 0 aliphatic heterocycles. The zero-order valence-electron chi connectivity index (χ0n) is 10.7. The fourth-order valence-electron chi connectivity index (χ4n) is 2.16. The largest absolute Gasteiger partial charge is 0.466 e. The van der Waals surface area contributed by atoms with Gasteiger partial charge in [0.05, 0.1) is 12.4 Å². The van der Waals surface area contributed by atoms with Crippen LogP contribution in [-0.2, 0) is 14.3 Å². The normalized spacial score (nSPS) is 24.4. The SMILES string of the molecule is CCOC(=O)CC(=O)CSC1CCCC(C)C1. The lowest BCUT2D eigenvalue weighted by atomic mass is 9.91. The quantitative estimate of drug-likeness (QED) is 0.543. The molecule has 0 aromatic heterocycles. The summed E-state index contributed by atoms with van der Waals surface area (Å²) in [5, 5.41) is 0.602. The van der Waals surface area contributed by atoms with Crippen molar-refractivity contribution in [3.05, 3.63) is 0 Å². The lowest BCUT2D eigenvalue weighted by Gasteiger charge is -2.25. The van der Waals surface area contributed by atoms with Crippen molar-refractivity contribution in [3.63, 3.8) is 0 Å². The Morgan fingerprint density at radius 1 is 1.35 bits per heavy atom. The van der Waals surface area contributed by atoms with E-state index in [0.29, 0.717) is 17.6 Å². The van der Waals surface area contributed by atoms with Crippen LogP contribution in [0, 0.1) is 5.92 Å². The van der Waals surface area contributed by atoms with Crippen molar-refractivity contribution >= 4 is 23.5 Å². The highest BCUT2D eigenvalue weighted by atomic mass is 32.2. The Labute approximate surface area is 108 Å². The van der Waals surface area contributed by atoms with E-state index in [-0.39, 0.29) is 12.2 Å². The molecule has 1 aliphatic rings. The fraction of sp³-hybridized carbons (Fsp3) is 0.846. The zero-order chi connectivity index (χ0) is 12.7. The van der Waals surface area contributed by atoms with Crippen molar-refractivity contribution < 1.29 is 14.3 Å². The maximum Gasteiger partial charge on any atom is 0.313 e. The monoisotopic (exact) mass is 258 g/mol. The number of ether oxygens (including phenoxy) is 1. The molecule has 0 aromatic carbocycles. The molecule has 1 fully saturated rings. The molecule has 2 unspecified atom stereocenters. The molecule has 0 radical (unpaired) electrons. The smallest absolute Gasteiger partial charge is 0.313 e. The van der Waals surface area contributed by atoms with Crippen LogP contribution in [0.1, 0.15) is 46.0 Å². The maximum atomic E-state index is 11.5. The standard InChI is InChI=1S/C13H22O3S/c1-3-16-13(15)8-11(14)9-17-12-6-4-5-10(2)7-12/h10,12H,3-9H2,1-2H3. The molecule has 1 aliphatic carbocycles. The first-order valence-electron chi connectivity index (χ1n) is 6.40. The molecule has 1 rings (SSSR count). The zero-order valence-corrected chi connectivity index (χ0v) is 11.6. The number of carbonyl (C=O) groups excluding carboxylic acids is 2. The number of hydrogen-bond donors (Lipinski definition) is 0. The number of esters is 1. The molecular weight excluding hydrogens is 236 g/mol. The lowest BCUT2D eigenvalue weighted by molar-refractivity contribution is -0.145. The van der Waals surface area contributed by atoms with Gasteiger partial charge in [0.25, 0.3) is 0 Å². The summed E-state index contributed by atoms with van der Waals surface area (Å²) in [5.41, 5.74) is 0. The molecule has 0 aromatic rings. The van der Waals surface area contributed by atoms with E-state index in [1.54, 1.807) is 18.7 Å². The summed E-state index contributed by atoms with van der Waals surface area (Å²) in [7, 11) is 0. The molecule has 98 valence electrons. The average molecular weight is 258 g/mol. The second kappa shape index (κ2) is 7.75. The minimum Gasteiger partial charge on any atom is -0.466 e. The third-order valence-corrected chi connectivity index (χ3v) is 4.40. The second-order valence-electron chi connectivity index (χ2n) is 4.73. The molecule has 1 saturated carbocycles. The first-order valence-corrected chi connectivity index (χ1v) is 7.45. The van der Waals surface area contributed by atoms with Crippen LogP contribution in [0.5, 0.6) is 0 Å². The van der Waals surface area contributed by atoms with Crippen LogP contribution in [-0.4, -0.2) is 29.4 Å². The van der Waals surface area contributed by atoms with Gasteiger partial charge in [-0.15, -0.1) is 0 Å². The molecule has 4 heteroatoms. The van der Waals surface area contributed by atoms with Gasteiger partial charge < -0.3 is 4.74 Å². The van der Waals surface area contributed by atoms with Gasteiger partial charge in [0, 0.05) is 5.25 Å². The molecule has 0 spiro atoms. The van der Waals surface area contributed by atoms with Crippen LogP contribution in [0.15, 0.2) is 0 Å². The number of ketones is 1. The van der Waals surface area contributed by atoms with E-state index >= 15 is 0 Å². The molecule has 0 saturated heterocycles. The number of rotatable bonds is 6. The Morgan fingerprint density at radius 3 is 2.76 bits per heavy atom. The average Bonchev–Trinajstić information content (AvgIpc) is 2.27. The molecular formula is C13H22O3S. The lowest BCUT2D eigenvalue weighted by Crippen LogP contribution is -2.18. The van der Waals surface area contributed by atoms with Crippen LogP contribution in [0.3, 0.4) is 0 Å². The summed E-state index contributed by atoms with van der Waals surface area (Å²) in [4.78, 5) is 22.6. The summed E-state index contributed by atoms with van der Waals surface area (Å²) in [6.07, 6.45) is 4.93. The predicted molar refractivity (Wildman–Crippen MR) is 70.1 cm³/mol. The van der Waals surface area contributed by atoms with Crippen LogP contribution >= 0.6 is 11.8 Å². The summed E-state index contributed by atoms with van der Waals surface area (Å²) in [5.74, 6) is 0.833. The van der Waals surface area contributed by atoms with Crippen molar-refractivity contribution in [1.82, 2.24) is 0 Å². The first kappa shape index (κ1) is 14.6. The van der Waals surface area contributed by atoms with E-state index in [2.05, 4.69) is 6.92 Å². The Hall–Kier alpha value is -0.510. The minimum absolute atomic E-state index is 0.00771. The van der Waals surface area contributed by atoms with Gasteiger partial charge >= 0.3 is 5.97 Å². The number of thioether (sulfide) groups is 1. The Morgan fingerprint density at radius 2 is 2.12 bits per heavy atom. The van der Waals surface area contributed by atoms with E-state index in [9.17, 15) is 9.59 Å². The number of Topliss-reactive ketones (excluding diaryl/α,β-unsaturated/α-hetero) is 1. The summed E-state index contributed by atoms with van der Waals surface area (Å²) in [6, 6.07) is 0. The highest BCUT2D eigenvalue weighted by molar-refractivity contribution is 8.00. The molecule has 17 heavy (non-hydrogen) atoms. The molecule has 0 bridgehead atoms. The van der Waals surface area contributed by atoms with Gasteiger partial charge in [0.1, 0.15) is 6.42 Å². The highest BCUT2D eigenvalue weighted by Crippen LogP contribution is 2.31.